The zero-order valence-electron chi connectivity index (χ0n) is 12.3. The summed E-state index contributed by atoms with van der Waals surface area (Å²) in [4.78, 5) is 22.3. The van der Waals surface area contributed by atoms with Crippen LogP contribution in [0.4, 0.5) is 11.4 Å². The van der Waals surface area contributed by atoms with Gasteiger partial charge in [-0.2, -0.15) is 0 Å². The van der Waals surface area contributed by atoms with E-state index in [1.54, 1.807) is 19.9 Å². The minimum Gasteiger partial charge on any atom is -0.327 e. The molecule has 20 heavy (non-hydrogen) atoms. The highest BCUT2D eigenvalue weighted by atomic mass is 16.6. The highest BCUT2D eigenvalue weighted by Gasteiger charge is 2.17. The van der Waals surface area contributed by atoms with Gasteiger partial charge in [-0.05, 0) is 31.4 Å². The van der Waals surface area contributed by atoms with E-state index in [0.717, 1.165) is 0 Å². The standard InChI is InChI=1S/C14H21N3O3/c1-8(2)11(15)7-14(18)16-12-5-10(4)13(17(19)20)6-9(12)3/h5-6,8,11H,7,15H2,1-4H3,(H,16,18). The predicted molar refractivity (Wildman–Crippen MR) is 78.6 cm³/mol. The largest absolute Gasteiger partial charge is 0.327 e. The Morgan fingerprint density at radius 3 is 2.45 bits per heavy atom. The lowest BCUT2D eigenvalue weighted by molar-refractivity contribution is -0.385. The molecule has 0 aliphatic carbocycles. The van der Waals surface area contributed by atoms with Crippen molar-refractivity contribution in [3.05, 3.63) is 33.4 Å². The van der Waals surface area contributed by atoms with Crippen molar-refractivity contribution < 1.29 is 9.72 Å². The van der Waals surface area contributed by atoms with E-state index >= 15 is 0 Å². The first-order chi connectivity index (χ1) is 9.22. The molecule has 0 radical (unpaired) electrons. The fourth-order valence-electron chi connectivity index (χ4n) is 1.78. The molecule has 0 fully saturated rings. The Balaban J connectivity index is 2.86. The number of amides is 1. The third-order valence-electron chi connectivity index (χ3n) is 3.29. The minimum atomic E-state index is -0.428. The van der Waals surface area contributed by atoms with E-state index < -0.39 is 4.92 Å². The number of nitrogens with two attached hydrogens (primary N) is 1. The summed E-state index contributed by atoms with van der Waals surface area (Å²) in [6.07, 6.45) is 0.229. The molecule has 0 saturated heterocycles. The lowest BCUT2D eigenvalue weighted by atomic mass is 10.0. The number of nitro benzene ring substituents is 1. The van der Waals surface area contributed by atoms with Crippen LogP contribution in [-0.2, 0) is 4.79 Å². The van der Waals surface area contributed by atoms with Gasteiger partial charge in [0.15, 0.2) is 0 Å². The number of nitrogens with zero attached hydrogens (tertiary/aromatic N) is 1. The van der Waals surface area contributed by atoms with E-state index in [9.17, 15) is 14.9 Å². The van der Waals surface area contributed by atoms with E-state index in [1.807, 2.05) is 13.8 Å². The Kier molecular flexibility index (Phi) is 5.21. The van der Waals surface area contributed by atoms with Gasteiger partial charge in [0.2, 0.25) is 5.91 Å². The number of carbonyl (C=O) groups is 1. The second kappa shape index (κ2) is 6.47. The molecule has 0 aliphatic heterocycles. The molecule has 1 unspecified atom stereocenters. The van der Waals surface area contributed by atoms with E-state index in [2.05, 4.69) is 5.32 Å². The zero-order valence-corrected chi connectivity index (χ0v) is 12.3. The van der Waals surface area contributed by atoms with Crippen molar-refractivity contribution in [1.82, 2.24) is 0 Å². The molecule has 0 spiro atoms. The van der Waals surface area contributed by atoms with Crippen molar-refractivity contribution in [2.24, 2.45) is 11.7 Å². The average Bonchev–Trinajstić information content (AvgIpc) is 2.32. The zero-order chi connectivity index (χ0) is 15.4. The normalized spacial score (nSPS) is 12.3. The monoisotopic (exact) mass is 279 g/mol. The minimum absolute atomic E-state index is 0.0550. The van der Waals surface area contributed by atoms with Gasteiger partial charge in [0.05, 0.1) is 4.92 Å². The summed E-state index contributed by atoms with van der Waals surface area (Å²) in [5.74, 6) is 0.0444. The number of hydrogen-bond acceptors (Lipinski definition) is 4. The molecule has 0 aromatic heterocycles. The number of anilines is 1. The highest BCUT2D eigenvalue weighted by Crippen LogP contribution is 2.26. The van der Waals surface area contributed by atoms with Gasteiger partial charge in [-0.15, -0.1) is 0 Å². The van der Waals surface area contributed by atoms with Crippen molar-refractivity contribution >= 4 is 17.3 Å². The summed E-state index contributed by atoms with van der Waals surface area (Å²) in [5, 5.41) is 13.6. The van der Waals surface area contributed by atoms with Gasteiger partial charge in [-0.3, -0.25) is 14.9 Å². The Morgan fingerprint density at radius 1 is 1.35 bits per heavy atom. The van der Waals surface area contributed by atoms with Gasteiger partial charge in [-0.1, -0.05) is 13.8 Å². The second-order valence-corrected chi connectivity index (χ2v) is 5.37. The Hall–Kier alpha value is -1.95. The van der Waals surface area contributed by atoms with Crippen LogP contribution in [0.5, 0.6) is 0 Å². The molecule has 6 nitrogen and oxygen atoms in total. The molecule has 6 heteroatoms. The van der Waals surface area contributed by atoms with Crippen LogP contribution in [-0.4, -0.2) is 16.9 Å². The van der Waals surface area contributed by atoms with Gasteiger partial charge in [0.25, 0.3) is 5.69 Å². The van der Waals surface area contributed by atoms with Crippen LogP contribution >= 0.6 is 0 Å². The van der Waals surface area contributed by atoms with Crippen LogP contribution < -0.4 is 11.1 Å². The van der Waals surface area contributed by atoms with Crippen molar-refractivity contribution in [3.8, 4) is 0 Å². The molecule has 0 bridgehead atoms. The maximum Gasteiger partial charge on any atom is 0.272 e. The van der Waals surface area contributed by atoms with E-state index in [4.69, 9.17) is 5.73 Å². The molecule has 3 N–H and O–H groups in total. The number of carbonyl (C=O) groups excluding carboxylic acids is 1. The quantitative estimate of drug-likeness (QED) is 0.639. The number of rotatable bonds is 5. The lowest BCUT2D eigenvalue weighted by Crippen LogP contribution is -2.31. The summed E-state index contributed by atoms with van der Waals surface area (Å²) in [6.45, 7) is 7.29. The maximum atomic E-state index is 11.9. The molecular formula is C14H21N3O3. The first kappa shape index (κ1) is 16.1. The maximum absolute atomic E-state index is 11.9. The van der Waals surface area contributed by atoms with E-state index in [-0.39, 0.29) is 30.0 Å². The molecule has 1 amide bonds. The second-order valence-electron chi connectivity index (χ2n) is 5.37. The third-order valence-corrected chi connectivity index (χ3v) is 3.29. The number of nitro groups is 1. The van der Waals surface area contributed by atoms with Gasteiger partial charge >= 0.3 is 0 Å². The van der Waals surface area contributed by atoms with Gasteiger partial charge in [-0.25, -0.2) is 0 Å². The first-order valence-corrected chi connectivity index (χ1v) is 6.53. The van der Waals surface area contributed by atoms with Crippen LogP contribution in [0.25, 0.3) is 0 Å². The smallest absolute Gasteiger partial charge is 0.272 e. The summed E-state index contributed by atoms with van der Waals surface area (Å²) >= 11 is 0. The molecule has 0 saturated carbocycles. The summed E-state index contributed by atoms with van der Waals surface area (Å²) < 4.78 is 0. The number of nitrogens with one attached hydrogen (secondary N) is 1. The Bertz CT molecular complexity index is 527. The molecule has 1 aromatic rings. The molecule has 0 heterocycles. The summed E-state index contributed by atoms with van der Waals surface area (Å²) in [7, 11) is 0. The first-order valence-electron chi connectivity index (χ1n) is 6.53. The number of aryl methyl sites for hydroxylation is 2. The molecule has 1 atom stereocenters. The Labute approximate surface area is 118 Å². The van der Waals surface area contributed by atoms with Gasteiger partial charge in [0, 0.05) is 29.8 Å². The van der Waals surface area contributed by atoms with Crippen molar-refractivity contribution in [1.29, 1.82) is 0 Å². The fraction of sp³-hybridized carbons (Fsp3) is 0.500. The topological polar surface area (TPSA) is 98.3 Å². The molecular weight excluding hydrogens is 258 g/mol. The highest BCUT2D eigenvalue weighted by molar-refractivity contribution is 5.92. The predicted octanol–water partition coefficient (Wildman–Crippen LogP) is 2.52. The number of hydrogen-bond donors (Lipinski definition) is 2. The molecule has 1 aromatic carbocycles. The van der Waals surface area contributed by atoms with Gasteiger partial charge < -0.3 is 11.1 Å². The molecule has 110 valence electrons. The van der Waals surface area contributed by atoms with Crippen LogP contribution in [0.3, 0.4) is 0 Å². The fourth-order valence-corrected chi connectivity index (χ4v) is 1.78. The average molecular weight is 279 g/mol. The van der Waals surface area contributed by atoms with Crippen LogP contribution in [0, 0.1) is 29.9 Å². The summed E-state index contributed by atoms with van der Waals surface area (Å²) in [6, 6.07) is 2.88. The van der Waals surface area contributed by atoms with E-state index in [0.29, 0.717) is 16.8 Å². The van der Waals surface area contributed by atoms with Crippen LogP contribution in [0.2, 0.25) is 0 Å². The van der Waals surface area contributed by atoms with Crippen LogP contribution in [0.15, 0.2) is 12.1 Å². The van der Waals surface area contributed by atoms with Crippen LogP contribution in [0.1, 0.15) is 31.4 Å². The summed E-state index contributed by atoms with van der Waals surface area (Å²) in [5.41, 5.74) is 7.68. The molecule has 1 rings (SSSR count). The molecule has 0 aliphatic rings. The van der Waals surface area contributed by atoms with Crippen molar-refractivity contribution in [2.75, 3.05) is 5.32 Å². The third kappa shape index (κ3) is 4.03. The van der Waals surface area contributed by atoms with E-state index in [1.165, 1.54) is 6.07 Å². The van der Waals surface area contributed by atoms with Crippen molar-refractivity contribution in [2.45, 2.75) is 40.2 Å². The lowest BCUT2D eigenvalue weighted by Gasteiger charge is -2.16. The SMILES string of the molecule is Cc1cc([N+](=O)[O-])c(C)cc1NC(=O)CC(N)C(C)C. The number of benzene rings is 1. The van der Waals surface area contributed by atoms with Crippen molar-refractivity contribution in [3.63, 3.8) is 0 Å². The van der Waals surface area contributed by atoms with Gasteiger partial charge in [0.1, 0.15) is 0 Å². The Morgan fingerprint density at radius 2 is 1.95 bits per heavy atom.